The SMILES string of the molecule is CC(C)CCCNC(=O)c1ccsc1. The molecule has 1 aromatic rings. The van der Waals surface area contributed by atoms with Crippen molar-refractivity contribution >= 4 is 17.2 Å². The fourth-order valence-corrected chi connectivity index (χ4v) is 1.84. The summed E-state index contributed by atoms with van der Waals surface area (Å²) in [7, 11) is 0. The summed E-state index contributed by atoms with van der Waals surface area (Å²) in [4.78, 5) is 11.4. The van der Waals surface area contributed by atoms with Crippen LogP contribution in [0.1, 0.15) is 37.0 Å². The molecule has 1 N–H and O–H groups in total. The van der Waals surface area contributed by atoms with E-state index in [2.05, 4.69) is 19.2 Å². The van der Waals surface area contributed by atoms with Gasteiger partial charge in [-0.05, 0) is 30.2 Å². The molecule has 0 aliphatic carbocycles. The summed E-state index contributed by atoms with van der Waals surface area (Å²) in [5.41, 5.74) is 0.777. The summed E-state index contributed by atoms with van der Waals surface area (Å²) in [6, 6.07) is 1.85. The third-order valence-corrected chi connectivity index (χ3v) is 2.71. The van der Waals surface area contributed by atoms with E-state index in [1.165, 1.54) is 6.42 Å². The fourth-order valence-electron chi connectivity index (χ4n) is 1.21. The minimum absolute atomic E-state index is 0.0509. The van der Waals surface area contributed by atoms with Crippen LogP contribution >= 0.6 is 11.3 Å². The molecule has 0 saturated heterocycles. The van der Waals surface area contributed by atoms with E-state index >= 15 is 0 Å². The highest BCUT2D eigenvalue weighted by atomic mass is 32.1. The number of carbonyl (C=O) groups is 1. The maximum atomic E-state index is 11.4. The van der Waals surface area contributed by atoms with Crippen LogP contribution in [-0.2, 0) is 0 Å². The summed E-state index contributed by atoms with van der Waals surface area (Å²) >= 11 is 1.55. The van der Waals surface area contributed by atoms with Crippen molar-refractivity contribution in [2.75, 3.05) is 6.54 Å². The lowest BCUT2D eigenvalue weighted by Crippen LogP contribution is -2.24. The van der Waals surface area contributed by atoms with Crippen LogP contribution in [0.2, 0.25) is 0 Å². The van der Waals surface area contributed by atoms with Gasteiger partial charge in [0.05, 0.1) is 0 Å². The van der Waals surface area contributed by atoms with Gasteiger partial charge in [0.1, 0.15) is 0 Å². The zero-order chi connectivity index (χ0) is 10.4. The first-order valence-corrected chi connectivity index (χ1v) is 5.95. The molecule has 78 valence electrons. The second-order valence-corrected chi connectivity index (χ2v) is 4.58. The Hall–Kier alpha value is -0.830. The van der Waals surface area contributed by atoms with Crippen molar-refractivity contribution < 1.29 is 4.79 Å². The van der Waals surface area contributed by atoms with Crippen molar-refractivity contribution in [3.63, 3.8) is 0 Å². The highest BCUT2D eigenvalue weighted by molar-refractivity contribution is 7.08. The van der Waals surface area contributed by atoms with Gasteiger partial charge >= 0.3 is 0 Å². The van der Waals surface area contributed by atoms with E-state index in [1.54, 1.807) is 11.3 Å². The average Bonchev–Trinajstić information content (AvgIpc) is 2.64. The number of rotatable bonds is 5. The molecule has 14 heavy (non-hydrogen) atoms. The molecule has 0 fully saturated rings. The zero-order valence-corrected chi connectivity index (χ0v) is 9.56. The normalized spacial score (nSPS) is 10.5. The molecule has 0 bridgehead atoms. The van der Waals surface area contributed by atoms with Crippen LogP contribution in [0.5, 0.6) is 0 Å². The predicted molar refractivity (Wildman–Crippen MR) is 60.7 cm³/mol. The molecule has 0 atom stereocenters. The molecule has 0 unspecified atom stereocenters. The van der Waals surface area contributed by atoms with E-state index in [1.807, 2.05) is 16.8 Å². The van der Waals surface area contributed by atoms with Gasteiger partial charge in [-0.1, -0.05) is 13.8 Å². The van der Waals surface area contributed by atoms with E-state index in [-0.39, 0.29) is 5.91 Å². The number of amides is 1. The van der Waals surface area contributed by atoms with Crippen LogP contribution in [0.25, 0.3) is 0 Å². The third-order valence-electron chi connectivity index (χ3n) is 2.03. The Morgan fingerprint density at radius 2 is 2.36 bits per heavy atom. The Balaban J connectivity index is 2.16. The molecule has 0 aromatic carbocycles. The first-order valence-electron chi connectivity index (χ1n) is 5.00. The molecule has 0 aliphatic heterocycles. The predicted octanol–water partition coefficient (Wildman–Crippen LogP) is 2.91. The van der Waals surface area contributed by atoms with E-state index in [0.29, 0.717) is 5.92 Å². The first-order chi connectivity index (χ1) is 6.70. The summed E-state index contributed by atoms with van der Waals surface area (Å²) < 4.78 is 0. The highest BCUT2D eigenvalue weighted by Gasteiger charge is 2.03. The summed E-state index contributed by atoms with van der Waals surface area (Å²) in [6.45, 7) is 5.17. The van der Waals surface area contributed by atoms with Gasteiger partial charge in [0, 0.05) is 17.5 Å². The monoisotopic (exact) mass is 211 g/mol. The minimum Gasteiger partial charge on any atom is -0.352 e. The lowest BCUT2D eigenvalue weighted by Gasteiger charge is -2.05. The lowest BCUT2D eigenvalue weighted by molar-refractivity contribution is 0.0953. The van der Waals surface area contributed by atoms with E-state index in [0.717, 1.165) is 18.5 Å². The highest BCUT2D eigenvalue weighted by Crippen LogP contribution is 2.06. The molecule has 1 rings (SSSR count). The van der Waals surface area contributed by atoms with Crippen LogP contribution in [0, 0.1) is 5.92 Å². The number of nitrogens with one attached hydrogen (secondary N) is 1. The molecule has 1 amide bonds. The fraction of sp³-hybridized carbons (Fsp3) is 0.545. The van der Waals surface area contributed by atoms with Crippen molar-refractivity contribution in [1.29, 1.82) is 0 Å². The average molecular weight is 211 g/mol. The third kappa shape index (κ3) is 3.92. The standard InChI is InChI=1S/C11H17NOS/c1-9(2)4-3-6-12-11(13)10-5-7-14-8-10/h5,7-9H,3-4,6H2,1-2H3,(H,12,13). The van der Waals surface area contributed by atoms with Gasteiger partial charge < -0.3 is 5.32 Å². The van der Waals surface area contributed by atoms with Crippen LogP contribution < -0.4 is 5.32 Å². The molecule has 0 aliphatic rings. The van der Waals surface area contributed by atoms with E-state index in [9.17, 15) is 4.79 Å². The Labute approximate surface area is 89.3 Å². The van der Waals surface area contributed by atoms with Crippen molar-refractivity contribution in [2.24, 2.45) is 5.92 Å². The van der Waals surface area contributed by atoms with E-state index in [4.69, 9.17) is 0 Å². The zero-order valence-electron chi connectivity index (χ0n) is 8.75. The molecular formula is C11H17NOS. The molecule has 1 heterocycles. The van der Waals surface area contributed by atoms with E-state index < -0.39 is 0 Å². The van der Waals surface area contributed by atoms with Crippen LogP contribution in [0.4, 0.5) is 0 Å². The molecule has 0 radical (unpaired) electrons. The second kappa shape index (κ2) is 5.81. The minimum atomic E-state index is 0.0509. The number of hydrogen-bond acceptors (Lipinski definition) is 2. The number of thiophene rings is 1. The van der Waals surface area contributed by atoms with Gasteiger partial charge in [-0.2, -0.15) is 11.3 Å². The van der Waals surface area contributed by atoms with Gasteiger partial charge in [0.25, 0.3) is 5.91 Å². The molecule has 0 saturated carbocycles. The van der Waals surface area contributed by atoms with Crippen molar-refractivity contribution in [3.8, 4) is 0 Å². The molecule has 2 nitrogen and oxygen atoms in total. The summed E-state index contributed by atoms with van der Waals surface area (Å²) in [6.07, 6.45) is 2.23. The van der Waals surface area contributed by atoms with Crippen LogP contribution in [-0.4, -0.2) is 12.5 Å². The Bertz CT molecular complexity index is 267. The largest absolute Gasteiger partial charge is 0.352 e. The van der Waals surface area contributed by atoms with Crippen LogP contribution in [0.15, 0.2) is 16.8 Å². The first kappa shape index (κ1) is 11.2. The number of carbonyl (C=O) groups excluding carboxylic acids is 1. The van der Waals surface area contributed by atoms with Gasteiger partial charge in [-0.25, -0.2) is 0 Å². The molecular weight excluding hydrogens is 194 g/mol. The smallest absolute Gasteiger partial charge is 0.252 e. The topological polar surface area (TPSA) is 29.1 Å². The van der Waals surface area contributed by atoms with Gasteiger partial charge in [0.15, 0.2) is 0 Å². The maximum Gasteiger partial charge on any atom is 0.252 e. The maximum absolute atomic E-state index is 11.4. The molecule has 1 aromatic heterocycles. The van der Waals surface area contributed by atoms with Crippen molar-refractivity contribution in [2.45, 2.75) is 26.7 Å². The molecule has 0 spiro atoms. The summed E-state index contributed by atoms with van der Waals surface area (Å²) in [5, 5.41) is 6.70. The quantitative estimate of drug-likeness (QED) is 0.745. The molecule has 3 heteroatoms. The van der Waals surface area contributed by atoms with Gasteiger partial charge in [-0.3, -0.25) is 4.79 Å². The Kier molecular flexibility index (Phi) is 4.66. The summed E-state index contributed by atoms with van der Waals surface area (Å²) in [5.74, 6) is 0.767. The van der Waals surface area contributed by atoms with Crippen molar-refractivity contribution in [1.82, 2.24) is 5.32 Å². The van der Waals surface area contributed by atoms with Gasteiger partial charge in [-0.15, -0.1) is 0 Å². The van der Waals surface area contributed by atoms with Crippen molar-refractivity contribution in [3.05, 3.63) is 22.4 Å². The Morgan fingerprint density at radius 1 is 1.57 bits per heavy atom. The lowest BCUT2D eigenvalue weighted by atomic mass is 10.1. The number of hydrogen-bond donors (Lipinski definition) is 1. The van der Waals surface area contributed by atoms with Crippen LogP contribution in [0.3, 0.4) is 0 Å². The second-order valence-electron chi connectivity index (χ2n) is 3.80. The van der Waals surface area contributed by atoms with Gasteiger partial charge in [0.2, 0.25) is 0 Å². The Morgan fingerprint density at radius 3 is 2.93 bits per heavy atom.